The van der Waals surface area contributed by atoms with E-state index < -0.39 is 0 Å². The van der Waals surface area contributed by atoms with Gasteiger partial charge in [0.25, 0.3) is 0 Å². The molecule has 2 nitrogen and oxygen atoms in total. The molecule has 112 valence electrons. The second kappa shape index (κ2) is 8.75. The maximum absolute atomic E-state index is 6.31. The van der Waals surface area contributed by atoms with E-state index in [0.29, 0.717) is 0 Å². The van der Waals surface area contributed by atoms with Gasteiger partial charge in [-0.2, -0.15) is 0 Å². The van der Waals surface area contributed by atoms with Crippen LogP contribution in [0.3, 0.4) is 0 Å². The zero-order valence-electron chi connectivity index (χ0n) is 12.7. The van der Waals surface area contributed by atoms with Crippen LogP contribution in [0.25, 0.3) is 0 Å². The first-order chi connectivity index (χ1) is 10.3. The molecule has 0 fully saturated rings. The van der Waals surface area contributed by atoms with E-state index in [1.807, 2.05) is 12.1 Å². The molecule has 0 aliphatic rings. The molecule has 0 bridgehead atoms. The Balaban J connectivity index is 2.15. The minimum absolute atomic E-state index is 0.0820. The van der Waals surface area contributed by atoms with Gasteiger partial charge in [-0.15, -0.1) is 11.8 Å². The molecule has 1 atom stereocenters. The quantitative estimate of drug-likeness (QED) is 0.572. The molecule has 0 amide bonds. The predicted octanol–water partition coefficient (Wildman–Crippen LogP) is 4.53. The summed E-state index contributed by atoms with van der Waals surface area (Å²) in [5.41, 5.74) is 1.23. The molecule has 2 rings (SSSR count). The lowest BCUT2D eigenvalue weighted by Gasteiger charge is -2.21. The molecule has 2 aromatic rings. The second-order valence-corrected chi connectivity index (χ2v) is 5.66. The molecule has 0 radical (unpaired) electrons. The SMILES string of the molecule is CCNCCC(Oc1ccccc1SC)c1ccccc1. The monoisotopic (exact) mass is 301 g/mol. The van der Waals surface area contributed by atoms with Gasteiger partial charge in [0.15, 0.2) is 0 Å². The average Bonchev–Trinajstić information content (AvgIpc) is 2.55. The van der Waals surface area contributed by atoms with Crippen molar-refractivity contribution >= 4 is 11.8 Å². The number of thioether (sulfide) groups is 1. The number of nitrogens with one attached hydrogen (secondary N) is 1. The van der Waals surface area contributed by atoms with Crippen molar-refractivity contribution in [2.75, 3.05) is 19.3 Å². The third kappa shape index (κ3) is 4.80. The Morgan fingerprint density at radius 3 is 2.48 bits per heavy atom. The van der Waals surface area contributed by atoms with E-state index >= 15 is 0 Å². The van der Waals surface area contributed by atoms with Crippen LogP contribution in [-0.2, 0) is 0 Å². The zero-order valence-corrected chi connectivity index (χ0v) is 13.5. The Morgan fingerprint density at radius 2 is 1.76 bits per heavy atom. The van der Waals surface area contributed by atoms with Gasteiger partial charge in [-0.05, 0) is 37.0 Å². The van der Waals surface area contributed by atoms with Gasteiger partial charge in [0, 0.05) is 11.3 Å². The van der Waals surface area contributed by atoms with Crippen LogP contribution < -0.4 is 10.1 Å². The molecule has 1 unspecified atom stereocenters. The highest BCUT2D eigenvalue weighted by Gasteiger charge is 2.14. The highest BCUT2D eigenvalue weighted by atomic mass is 32.2. The van der Waals surface area contributed by atoms with Crippen LogP contribution >= 0.6 is 11.8 Å². The number of benzene rings is 2. The lowest BCUT2D eigenvalue weighted by Crippen LogP contribution is -2.19. The van der Waals surface area contributed by atoms with Gasteiger partial charge in [-0.25, -0.2) is 0 Å². The van der Waals surface area contributed by atoms with Crippen molar-refractivity contribution in [2.45, 2.75) is 24.3 Å². The first kappa shape index (κ1) is 15.9. The van der Waals surface area contributed by atoms with Gasteiger partial charge in [-0.1, -0.05) is 49.4 Å². The fourth-order valence-electron chi connectivity index (χ4n) is 2.24. The van der Waals surface area contributed by atoms with Crippen molar-refractivity contribution in [3.63, 3.8) is 0 Å². The van der Waals surface area contributed by atoms with Gasteiger partial charge in [0.05, 0.1) is 0 Å². The zero-order chi connectivity index (χ0) is 14.9. The van der Waals surface area contributed by atoms with Crippen LogP contribution in [0.2, 0.25) is 0 Å². The summed E-state index contributed by atoms with van der Waals surface area (Å²) in [6, 6.07) is 18.7. The molecule has 0 spiro atoms. The maximum atomic E-state index is 6.31. The van der Waals surface area contributed by atoms with Gasteiger partial charge < -0.3 is 10.1 Å². The minimum Gasteiger partial charge on any atom is -0.485 e. The molecule has 0 saturated carbocycles. The molecule has 0 saturated heterocycles. The fraction of sp³-hybridized carbons (Fsp3) is 0.333. The van der Waals surface area contributed by atoms with E-state index in [9.17, 15) is 0 Å². The highest BCUT2D eigenvalue weighted by molar-refractivity contribution is 7.98. The summed E-state index contributed by atoms with van der Waals surface area (Å²) in [7, 11) is 0. The van der Waals surface area contributed by atoms with E-state index in [1.54, 1.807) is 11.8 Å². The lowest BCUT2D eigenvalue weighted by molar-refractivity contribution is 0.189. The molecular formula is C18H23NOS. The molecular weight excluding hydrogens is 278 g/mol. The largest absolute Gasteiger partial charge is 0.485 e. The lowest BCUT2D eigenvalue weighted by atomic mass is 10.1. The van der Waals surface area contributed by atoms with Crippen LogP contribution in [0.15, 0.2) is 59.5 Å². The summed E-state index contributed by atoms with van der Waals surface area (Å²) < 4.78 is 6.31. The Labute approximate surface area is 131 Å². The van der Waals surface area contributed by atoms with E-state index in [-0.39, 0.29) is 6.10 Å². The molecule has 21 heavy (non-hydrogen) atoms. The van der Waals surface area contributed by atoms with Crippen LogP contribution in [0.1, 0.15) is 25.0 Å². The number of ether oxygens (including phenoxy) is 1. The average molecular weight is 301 g/mol. The van der Waals surface area contributed by atoms with E-state index in [2.05, 4.69) is 61.0 Å². The van der Waals surface area contributed by atoms with Crippen molar-refractivity contribution in [1.29, 1.82) is 0 Å². The summed E-state index contributed by atoms with van der Waals surface area (Å²) in [5.74, 6) is 0.968. The molecule has 3 heteroatoms. The Morgan fingerprint density at radius 1 is 1.05 bits per heavy atom. The summed E-state index contributed by atoms with van der Waals surface area (Å²) >= 11 is 1.72. The van der Waals surface area contributed by atoms with Crippen molar-refractivity contribution in [2.24, 2.45) is 0 Å². The Bertz CT molecular complexity index is 530. The topological polar surface area (TPSA) is 21.3 Å². The van der Waals surface area contributed by atoms with Crippen molar-refractivity contribution < 1.29 is 4.74 Å². The smallest absolute Gasteiger partial charge is 0.133 e. The third-order valence-electron chi connectivity index (χ3n) is 3.34. The summed E-state index contributed by atoms with van der Waals surface area (Å²) in [6.07, 6.45) is 3.12. The standard InChI is InChI=1S/C18H23NOS/c1-3-19-14-13-16(15-9-5-4-6-10-15)20-17-11-7-8-12-18(17)21-2/h4-12,16,19H,3,13-14H2,1-2H3. The maximum Gasteiger partial charge on any atom is 0.133 e. The Kier molecular flexibility index (Phi) is 6.64. The minimum atomic E-state index is 0.0820. The molecule has 0 heterocycles. The van der Waals surface area contributed by atoms with E-state index in [1.165, 1.54) is 10.5 Å². The molecule has 2 aromatic carbocycles. The summed E-state index contributed by atoms with van der Waals surface area (Å²) in [5, 5.41) is 3.38. The third-order valence-corrected chi connectivity index (χ3v) is 4.12. The normalized spacial score (nSPS) is 12.1. The van der Waals surface area contributed by atoms with Gasteiger partial charge >= 0.3 is 0 Å². The first-order valence-electron chi connectivity index (χ1n) is 7.40. The molecule has 0 aliphatic heterocycles. The van der Waals surface area contributed by atoms with Crippen molar-refractivity contribution in [3.8, 4) is 5.75 Å². The first-order valence-corrected chi connectivity index (χ1v) is 8.63. The predicted molar refractivity (Wildman–Crippen MR) is 91.2 cm³/mol. The highest BCUT2D eigenvalue weighted by Crippen LogP contribution is 2.32. The second-order valence-electron chi connectivity index (χ2n) is 4.81. The summed E-state index contributed by atoms with van der Waals surface area (Å²) in [6.45, 7) is 4.07. The molecule has 1 N–H and O–H groups in total. The van der Waals surface area contributed by atoms with E-state index in [4.69, 9.17) is 4.74 Å². The van der Waals surface area contributed by atoms with Gasteiger partial charge in [-0.3, -0.25) is 0 Å². The van der Waals surface area contributed by atoms with Crippen LogP contribution in [0.4, 0.5) is 0 Å². The van der Waals surface area contributed by atoms with Crippen molar-refractivity contribution in [3.05, 3.63) is 60.2 Å². The van der Waals surface area contributed by atoms with E-state index in [0.717, 1.165) is 25.3 Å². The molecule has 0 aliphatic carbocycles. The van der Waals surface area contributed by atoms with Crippen LogP contribution in [0.5, 0.6) is 5.75 Å². The summed E-state index contributed by atoms with van der Waals surface area (Å²) in [4.78, 5) is 1.18. The Hall–Kier alpha value is -1.45. The number of hydrogen-bond donors (Lipinski definition) is 1. The number of rotatable bonds is 8. The fourth-order valence-corrected chi connectivity index (χ4v) is 2.77. The van der Waals surface area contributed by atoms with Gasteiger partial charge in [0.2, 0.25) is 0 Å². The number of hydrogen-bond acceptors (Lipinski definition) is 3. The van der Waals surface area contributed by atoms with Gasteiger partial charge in [0.1, 0.15) is 11.9 Å². The van der Waals surface area contributed by atoms with Crippen LogP contribution in [0, 0.1) is 0 Å². The number of para-hydroxylation sites is 1. The van der Waals surface area contributed by atoms with Crippen molar-refractivity contribution in [1.82, 2.24) is 5.32 Å². The molecule has 0 aromatic heterocycles. The van der Waals surface area contributed by atoms with Crippen LogP contribution in [-0.4, -0.2) is 19.3 Å².